The van der Waals surface area contributed by atoms with Gasteiger partial charge in [0.2, 0.25) is 0 Å². The molecule has 0 amide bonds. The summed E-state index contributed by atoms with van der Waals surface area (Å²) < 4.78 is 0. The topological polar surface area (TPSA) is 58.7 Å². The zero-order chi connectivity index (χ0) is 7.82. The van der Waals surface area contributed by atoms with Gasteiger partial charge in [-0.15, -0.1) is 0 Å². The first-order valence-electron chi connectivity index (χ1n) is 2.72. The smallest absolute Gasteiger partial charge is 0.373 e. The minimum absolute atomic E-state index is 0. The van der Waals surface area contributed by atoms with Gasteiger partial charge in [0.15, 0.2) is 0 Å². The molecule has 0 bridgehead atoms. The largest absolute Gasteiger partial charge is 3.00 e. The molecule has 0 saturated heterocycles. The summed E-state index contributed by atoms with van der Waals surface area (Å²) in [4.78, 5) is 1.50. The fraction of sp³-hybridized carbons (Fsp3) is 0.143. The van der Waals surface area contributed by atoms with Gasteiger partial charge in [0.05, 0.1) is 0 Å². The molecule has 0 N–H and O–H groups in total. The molecule has 0 radical (unpaired) electrons. The first kappa shape index (κ1) is 13.2. The van der Waals surface area contributed by atoms with Crippen molar-refractivity contribution in [3.8, 4) is 0 Å². The van der Waals surface area contributed by atoms with Crippen molar-refractivity contribution in [2.75, 3.05) is 0 Å². The summed E-state index contributed by atoms with van der Waals surface area (Å²) in [6.07, 6.45) is 0. The molecule has 0 aliphatic rings. The van der Waals surface area contributed by atoms with Crippen molar-refractivity contribution >= 4 is 0 Å². The van der Waals surface area contributed by atoms with Crippen molar-refractivity contribution in [3.63, 3.8) is 0 Å². The first-order chi connectivity index (χ1) is 4.81. The van der Waals surface area contributed by atoms with Gasteiger partial charge in [-0.1, -0.05) is 6.92 Å². The van der Waals surface area contributed by atoms with E-state index in [9.17, 15) is 0 Å². The van der Waals surface area contributed by atoms with Crippen LogP contribution in [0.4, 0.5) is 0 Å². The van der Waals surface area contributed by atoms with Crippen molar-refractivity contribution in [1.82, 2.24) is 0 Å². The molecule has 0 fully saturated rings. The van der Waals surface area contributed by atoms with Crippen molar-refractivity contribution < 1.29 is 32.7 Å². The molecule has 0 heterocycles. The number of hydrogen-bond acceptors (Lipinski definition) is 0. The predicted molar refractivity (Wildman–Crippen MR) is 40.1 cm³/mol. The number of hydrogen-bond donors (Lipinski definition) is 0. The molecule has 0 aliphatic carbocycles. The van der Waals surface area contributed by atoms with Crippen LogP contribution in [0, 0.1) is 13.0 Å². The second kappa shape index (κ2) is 9.63. The number of benzene rings is 1. The maximum Gasteiger partial charge on any atom is 3.00 e. The zero-order valence-electron chi connectivity index (χ0n) is 6.23. The van der Waals surface area contributed by atoms with Gasteiger partial charge in [0.1, 0.15) is 0 Å². The second-order valence-corrected chi connectivity index (χ2v) is 1.67. The van der Waals surface area contributed by atoms with E-state index in [1.54, 1.807) is 0 Å². The number of nitrogens with zero attached hydrogens (tertiary/aromatic N) is 3. The van der Waals surface area contributed by atoms with Crippen molar-refractivity contribution in [3.05, 3.63) is 51.9 Å². The molecule has 0 unspecified atom stereocenters. The first-order valence-corrected chi connectivity index (χ1v) is 2.72. The predicted octanol–water partition coefficient (Wildman–Crippen LogP) is 2.66. The Bertz CT molecular complexity index is 204. The molecule has 0 aliphatic heterocycles. The van der Waals surface area contributed by atoms with E-state index in [0.717, 1.165) is 0 Å². The molecule has 11 heavy (non-hydrogen) atoms. The van der Waals surface area contributed by atoms with Crippen LogP contribution in [0.15, 0.2) is 24.3 Å². The molecule has 52 valence electrons. The fourth-order valence-corrected chi connectivity index (χ4v) is 0.470. The Labute approximate surface area is 91.1 Å². The monoisotopic (exact) mass is 222 g/mol. The SMILES string of the molecule is Cc1cc[c-]cc1.[N-]=[N+]=[N-].[Y+3]. The van der Waals surface area contributed by atoms with E-state index >= 15 is 0 Å². The van der Waals surface area contributed by atoms with E-state index in [0.29, 0.717) is 0 Å². The van der Waals surface area contributed by atoms with E-state index in [1.165, 1.54) is 10.5 Å². The normalized spacial score (nSPS) is 6.27. The van der Waals surface area contributed by atoms with Crippen LogP contribution in [0.2, 0.25) is 0 Å². The minimum atomic E-state index is 0. The average Bonchev–Trinajstić information content (AvgIpc) is 1.91. The maximum atomic E-state index is 6.75. The molecule has 1 rings (SSSR count). The fourth-order valence-electron chi connectivity index (χ4n) is 0.470. The summed E-state index contributed by atoms with van der Waals surface area (Å²) in [5.74, 6) is 0. The Morgan fingerprint density at radius 1 is 1.27 bits per heavy atom. The summed E-state index contributed by atoms with van der Waals surface area (Å²) >= 11 is 0. The molecule has 1 aromatic carbocycles. The summed E-state index contributed by atoms with van der Waals surface area (Å²) in [7, 11) is 0. The Morgan fingerprint density at radius 3 is 1.82 bits per heavy atom. The van der Waals surface area contributed by atoms with E-state index in [1.807, 2.05) is 24.3 Å². The second-order valence-electron chi connectivity index (χ2n) is 1.67. The van der Waals surface area contributed by atoms with Crippen LogP contribution in [0.1, 0.15) is 5.56 Å². The summed E-state index contributed by atoms with van der Waals surface area (Å²) in [6.45, 7) is 2.06. The Morgan fingerprint density at radius 2 is 1.64 bits per heavy atom. The van der Waals surface area contributed by atoms with E-state index in [-0.39, 0.29) is 32.7 Å². The summed E-state index contributed by atoms with van der Waals surface area (Å²) in [5.41, 5.74) is 14.8. The average molecular weight is 222 g/mol. The van der Waals surface area contributed by atoms with Crippen LogP contribution < -0.4 is 0 Å². The minimum Gasteiger partial charge on any atom is -0.373 e. The van der Waals surface area contributed by atoms with Gasteiger partial charge in [-0.2, -0.15) is 35.9 Å². The molecule has 0 saturated carbocycles. The van der Waals surface area contributed by atoms with Gasteiger partial charge in [0.25, 0.3) is 0 Å². The van der Waals surface area contributed by atoms with Crippen LogP contribution in [0.25, 0.3) is 16.0 Å². The van der Waals surface area contributed by atoms with Crippen LogP contribution in [-0.2, 0) is 32.7 Å². The zero-order valence-corrected chi connectivity index (χ0v) is 9.07. The third kappa shape index (κ3) is 9.63. The third-order valence-electron chi connectivity index (χ3n) is 0.885. The molecular formula is C7H7N3Y+. The van der Waals surface area contributed by atoms with Crippen LogP contribution in [0.5, 0.6) is 0 Å². The Balaban J connectivity index is 0. The van der Waals surface area contributed by atoms with Crippen molar-refractivity contribution in [1.29, 1.82) is 0 Å². The molecule has 3 nitrogen and oxygen atoms in total. The Hall–Kier alpha value is -0.366. The van der Waals surface area contributed by atoms with Crippen molar-refractivity contribution in [2.24, 2.45) is 0 Å². The van der Waals surface area contributed by atoms with Gasteiger partial charge < -0.3 is 11.1 Å². The quantitative estimate of drug-likeness (QED) is 0.280. The molecule has 4 heteroatoms. The van der Waals surface area contributed by atoms with E-state index in [4.69, 9.17) is 11.1 Å². The standard InChI is InChI=1S/C7H7.N3.Y/c1-7-5-3-2-4-6-7;1-3-2;/h3-6H,1H3;;/q2*-1;+3. The van der Waals surface area contributed by atoms with E-state index < -0.39 is 0 Å². The molecular weight excluding hydrogens is 215 g/mol. The molecule has 0 atom stereocenters. The molecule has 0 aromatic heterocycles. The summed E-state index contributed by atoms with van der Waals surface area (Å²) in [5, 5.41) is 0. The van der Waals surface area contributed by atoms with Crippen LogP contribution in [-0.4, -0.2) is 0 Å². The van der Waals surface area contributed by atoms with Gasteiger partial charge in [-0.05, 0) is 0 Å². The number of aryl methyl sites for hydroxylation is 1. The van der Waals surface area contributed by atoms with Crippen molar-refractivity contribution in [2.45, 2.75) is 6.92 Å². The molecule has 1 aromatic rings. The van der Waals surface area contributed by atoms with Crippen LogP contribution >= 0.6 is 0 Å². The van der Waals surface area contributed by atoms with Gasteiger partial charge in [-0.25, -0.2) is 0 Å². The van der Waals surface area contributed by atoms with Gasteiger partial charge in [-0.3, -0.25) is 4.91 Å². The van der Waals surface area contributed by atoms with Gasteiger partial charge >= 0.3 is 32.7 Å². The van der Waals surface area contributed by atoms with Gasteiger partial charge in [0, 0.05) is 0 Å². The third-order valence-corrected chi connectivity index (χ3v) is 0.885. The van der Waals surface area contributed by atoms with Crippen LogP contribution in [0.3, 0.4) is 0 Å². The van der Waals surface area contributed by atoms with E-state index in [2.05, 4.69) is 13.0 Å². The maximum absolute atomic E-state index is 6.75. The Kier molecular flexibility index (Phi) is 11.6. The number of rotatable bonds is 0. The molecule has 0 spiro atoms. The summed E-state index contributed by atoms with van der Waals surface area (Å²) in [6, 6.07) is 10.8.